The first-order valence-electron chi connectivity index (χ1n) is 35.0. The maximum absolute atomic E-state index is 13.3. The van der Waals surface area contributed by atoms with Crippen LogP contribution in [0.1, 0.15) is 210 Å². The van der Waals surface area contributed by atoms with E-state index >= 15 is 0 Å². The summed E-state index contributed by atoms with van der Waals surface area (Å²) in [6.07, 6.45) is 12.6. The molecule has 0 radical (unpaired) electrons. The molecule has 3 fully saturated rings. The summed E-state index contributed by atoms with van der Waals surface area (Å²) in [4.78, 5) is 142. The summed E-state index contributed by atoms with van der Waals surface area (Å²) in [5.74, 6) is 0.0403. The molecule has 3 aliphatic carbocycles. The van der Waals surface area contributed by atoms with Gasteiger partial charge in [-0.25, -0.2) is 29.9 Å². The van der Waals surface area contributed by atoms with Crippen molar-refractivity contribution in [3.8, 4) is 32.1 Å². The molecule has 105 heavy (non-hydrogen) atoms. The Labute approximate surface area is 632 Å². The molecule has 0 saturated heterocycles. The van der Waals surface area contributed by atoms with Gasteiger partial charge in [0.25, 0.3) is 52.1 Å². The topological polar surface area (TPSA) is 396 Å². The molecule has 3 aliphatic heterocycles. The van der Waals surface area contributed by atoms with Crippen LogP contribution in [0, 0.1) is 0 Å². The highest BCUT2D eigenvalue weighted by Crippen LogP contribution is 2.53. The second-order valence-electron chi connectivity index (χ2n) is 27.5. The Balaban J connectivity index is 0.000000140. The van der Waals surface area contributed by atoms with E-state index in [-0.39, 0.29) is 106 Å². The summed E-state index contributed by atoms with van der Waals surface area (Å²) in [5, 5.41) is 32.5. The summed E-state index contributed by atoms with van der Waals surface area (Å²) in [7, 11) is 1.56. The zero-order valence-corrected chi connectivity index (χ0v) is 64.6. The van der Waals surface area contributed by atoms with Crippen molar-refractivity contribution in [2.24, 2.45) is 17.2 Å². The van der Waals surface area contributed by atoms with Gasteiger partial charge in [0, 0.05) is 106 Å². The average Bonchev–Trinajstić information content (AvgIpc) is 1.57. The van der Waals surface area contributed by atoms with Gasteiger partial charge in [-0.15, -0.1) is 68.0 Å². The Bertz CT molecular complexity index is 5040. The highest BCUT2D eigenvalue weighted by Gasteiger charge is 2.56. The standard InChI is InChI=1S/C25H30N6O3S3.C24H28N6O3S2.C22H24N6O3S2/c1-14(26)4-5-18-21-15(25(6-7-25)30-23(21)34)10-20(32)31(18)11-19-28-17(13-36-19)24-29-16(12-37-24)22(33)27-8-3-9-35-2;1-3-8-26-21(32)15-11-35-23(28-15)16-12-34-18(27-16)10-30-17(5-4-13(2)25)20-14(9-19(30)31)24(6-7-24)29-22(20)33;1-11(23)3-4-15-18-12(22(5-6-22)27-20(18)31)7-17(29)28(15)8-16-25-14(10-32-16)21-26-13(9-33-21)19(30)24-2/h10,12-14H,3-9,11,26H2,1-2H3,(H,27,33)(H,30,34);9,11-13H,3-8,10,25H2,1-2H3,(H,26,32)(H,29,33);7,9-11H,3-6,8,23H2,1-2H3,(H,24,30)(H,27,31)/t14-;13-;11-/m000/s1. The number of hydrogen-bond acceptors (Lipinski definition) is 25. The third-order valence-electron chi connectivity index (χ3n) is 19.3. The molecule has 6 aliphatic rings. The predicted octanol–water partition coefficient (Wildman–Crippen LogP) is 7.45. The molecular formula is C71H82N18O9S7. The van der Waals surface area contributed by atoms with Gasteiger partial charge in [0.05, 0.1) is 52.9 Å². The minimum atomic E-state index is -0.355. The average molecular weight is 1560 g/mol. The van der Waals surface area contributed by atoms with Crippen molar-refractivity contribution in [1.82, 2.24) is 75.5 Å². The number of rotatable bonds is 27. The van der Waals surface area contributed by atoms with Crippen LogP contribution in [0.25, 0.3) is 32.1 Å². The summed E-state index contributed by atoms with van der Waals surface area (Å²) >= 11 is 10.1. The van der Waals surface area contributed by atoms with Crippen molar-refractivity contribution in [3.05, 3.63) is 164 Å². The first kappa shape index (κ1) is 74.9. The number of nitrogens with two attached hydrogens (primary N) is 3. The molecular weight excluding hydrogens is 1470 g/mol. The molecule has 3 spiro atoms. The lowest BCUT2D eigenvalue weighted by Crippen LogP contribution is -2.28. The van der Waals surface area contributed by atoms with E-state index in [0.29, 0.717) is 117 Å². The number of thiazole rings is 6. The van der Waals surface area contributed by atoms with Gasteiger partial charge >= 0.3 is 0 Å². The fourth-order valence-electron chi connectivity index (χ4n) is 13.3. The fraction of sp³-hybridized carbons (Fsp3) is 0.451. The van der Waals surface area contributed by atoms with Crippen LogP contribution >= 0.6 is 79.8 Å². The van der Waals surface area contributed by atoms with E-state index in [4.69, 9.17) is 27.2 Å². The molecule has 34 heteroatoms. The van der Waals surface area contributed by atoms with E-state index in [0.717, 1.165) is 106 Å². The lowest BCUT2D eigenvalue weighted by molar-refractivity contribution is 0.0941. The number of carbonyl (C=O) groups excluding carboxylic acids is 6. The normalized spacial score (nSPS) is 16.3. The number of nitrogens with one attached hydrogen (secondary N) is 6. The Morgan fingerprint density at radius 3 is 1.11 bits per heavy atom. The molecule has 9 aromatic heterocycles. The number of nitrogens with zero attached hydrogens (tertiary/aromatic N) is 9. The van der Waals surface area contributed by atoms with Gasteiger partial charge in [-0.2, -0.15) is 11.8 Å². The van der Waals surface area contributed by atoms with Crippen LogP contribution in [0.3, 0.4) is 0 Å². The van der Waals surface area contributed by atoms with Crippen LogP contribution in [0.15, 0.2) is 64.9 Å². The minimum Gasteiger partial charge on any atom is -0.354 e. The van der Waals surface area contributed by atoms with Crippen molar-refractivity contribution in [3.63, 3.8) is 0 Å². The summed E-state index contributed by atoms with van der Waals surface area (Å²) in [6.45, 7) is 9.77. The van der Waals surface area contributed by atoms with E-state index < -0.39 is 0 Å². The maximum atomic E-state index is 13.3. The number of aromatic nitrogens is 9. The molecule has 552 valence electrons. The summed E-state index contributed by atoms with van der Waals surface area (Å²) in [5.41, 5.74) is 26.2. The number of pyridine rings is 3. The van der Waals surface area contributed by atoms with Crippen molar-refractivity contribution >= 4 is 115 Å². The van der Waals surface area contributed by atoms with Crippen molar-refractivity contribution in [2.75, 3.05) is 32.1 Å². The quantitative estimate of drug-likeness (QED) is 0.0226. The van der Waals surface area contributed by atoms with Gasteiger partial charge in [0.2, 0.25) is 0 Å². The molecule has 27 nitrogen and oxygen atoms in total. The lowest BCUT2D eigenvalue weighted by Gasteiger charge is -2.17. The molecule has 0 aromatic carbocycles. The van der Waals surface area contributed by atoms with Gasteiger partial charge in [-0.3, -0.25) is 43.2 Å². The van der Waals surface area contributed by atoms with Crippen LogP contribution < -0.4 is 65.8 Å². The third-order valence-corrected chi connectivity index (χ3v) is 25.1. The molecule has 9 aromatic rings. The van der Waals surface area contributed by atoms with E-state index in [2.05, 4.69) is 51.8 Å². The lowest BCUT2D eigenvalue weighted by atomic mass is 9.98. The Kier molecular flexibility index (Phi) is 22.3. The van der Waals surface area contributed by atoms with Crippen LogP contribution in [0.4, 0.5) is 0 Å². The minimum absolute atomic E-state index is 0.0466. The number of hydrogen-bond donors (Lipinski definition) is 9. The molecule has 0 unspecified atom stereocenters. The fourth-order valence-corrected chi connectivity index (χ4v) is 18.5. The van der Waals surface area contributed by atoms with Crippen molar-refractivity contribution in [2.45, 2.75) is 172 Å². The Morgan fingerprint density at radius 2 is 0.819 bits per heavy atom. The molecule has 12 N–H and O–H groups in total. The largest absolute Gasteiger partial charge is 0.354 e. The molecule has 12 heterocycles. The first-order valence-corrected chi connectivity index (χ1v) is 41.6. The number of fused-ring (bicyclic) bond motifs is 6. The van der Waals surface area contributed by atoms with Gasteiger partial charge in [0.1, 0.15) is 64.2 Å². The van der Waals surface area contributed by atoms with Gasteiger partial charge < -0.3 is 62.8 Å². The van der Waals surface area contributed by atoms with E-state index in [1.165, 1.54) is 68.0 Å². The SMILES string of the molecule is CCCNC(=O)c1csc(-c2csc(Cn3c(CC[C@H](C)N)c4c(cc3=O)C3(CC3)NC4=O)n2)n1.CNC(=O)c1csc(-c2csc(Cn3c(CC[C@H](C)N)c4c(cc3=O)C3(CC3)NC4=O)n2)n1.CSCCCNC(=O)c1csc(-c2csc(Cn3c(CC[C@H](C)N)c4c(cc3=O)C3(CC3)NC4=O)n2)n1. The van der Waals surface area contributed by atoms with E-state index in [1.807, 2.05) is 50.1 Å². The molecule has 3 saturated carbocycles. The monoisotopic (exact) mass is 1550 g/mol. The van der Waals surface area contributed by atoms with Crippen LogP contribution in [-0.2, 0) is 55.5 Å². The second-order valence-corrected chi connectivity index (χ2v) is 33.9. The molecule has 6 amide bonds. The van der Waals surface area contributed by atoms with Crippen molar-refractivity contribution in [1.29, 1.82) is 0 Å². The highest BCUT2D eigenvalue weighted by atomic mass is 32.2. The molecule has 15 rings (SSSR count). The number of amides is 6. The highest BCUT2D eigenvalue weighted by molar-refractivity contribution is 7.98. The van der Waals surface area contributed by atoms with Gasteiger partial charge in [0.15, 0.2) is 0 Å². The maximum Gasteiger partial charge on any atom is 0.270 e. The van der Waals surface area contributed by atoms with Crippen LogP contribution in [-0.4, -0.2) is 129 Å². The van der Waals surface area contributed by atoms with E-state index in [1.54, 1.807) is 66.9 Å². The number of thioether (sulfide) groups is 1. The van der Waals surface area contributed by atoms with Gasteiger partial charge in [-0.05, 0) is 139 Å². The zero-order valence-electron chi connectivity index (χ0n) is 58.9. The first-order chi connectivity index (χ1) is 50.4. The second kappa shape index (κ2) is 31.2. The third kappa shape index (κ3) is 16.1. The zero-order chi connectivity index (χ0) is 74.2. The smallest absolute Gasteiger partial charge is 0.270 e. The van der Waals surface area contributed by atoms with E-state index in [9.17, 15) is 43.2 Å². The molecule has 3 atom stereocenters. The van der Waals surface area contributed by atoms with Crippen molar-refractivity contribution < 1.29 is 28.8 Å². The van der Waals surface area contributed by atoms with Gasteiger partial charge in [-0.1, -0.05) is 6.92 Å². The molecule has 0 bridgehead atoms. The Morgan fingerprint density at radius 1 is 0.495 bits per heavy atom. The van der Waals surface area contributed by atoms with Crippen LogP contribution in [0.5, 0.6) is 0 Å². The predicted molar refractivity (Wildman–Crippen MR) is 411 cm³/mol. The summed E-state index contributed by atoms with van der Waals surface area (Å²) < 4.78 is 4.99. The Hall–Kier alpha value is -8.32. The summed E-state index contributed by atoms with van der Waals surface area (Å²) in [6, 6.07) is 4.71. The van der Waals surface area contributed by atoms with Crippen LogP contribution in [0.2, 0.25) is 0 Å². The number of carbonyl (C=O) groups is 6.